The van der Waals surface area contributed by atoms with Gasteiger partial charge in [0.1, 0.15) is 0 Å². The van der Waals surface area contributed by atoms with Gasteiger partial charge in [-0.1, -0.05) is 41.3 Å². The van der Waals surface area contributed by atoms with E-state index in [0.29, 0.717) is 0 Å². The lowest BCUT2D eigenvalue weighted by atomic mass is 9.78. The summed E-state index contributed by atoms with van der Waals surface area (Å²) in [6.45, 7) is 2.08. The van der Waals surface area contributed by atoms with Crippen LogP contribution in [0.15, 0.2) is 22.7 Å². The highest BCUT2D eigenvalue weighted by Crippen LogP contribution is 2.38. The lowest BCUT2D eigenvalue weighted by Crippen LogP contribution is -2.29. The highest BCUT2D eigenvalue weighted by Gasteiger charge is 2.32. The third kappa shape index (κ3) is 2.26. The number of halogens is 1. The molecule has 1 nitrogen and oxygen atoms in total. The second-order valence-corrected chi connectivity index (χ2v) is 5.47. The summed E-state index contributed by atoms with van der Waals surface area (Å²) in [6, 6.07) is 6.17. The standard InChI is InChI=1S/C13H17BrO/c1-10-9-11(14)5-6-12(10)13(15)7-3-2-4-8-13/h5-6,9,15H,2-4,7-8H2,1H3. The van der Waals surface area contributed by atoms with Crippen LogP contribution in [-0.4, -0.2) is 5.11 Å². The van der Waals surface area contributed by atoms with Crippen LogP contribution in [0.1, 0.15) is 43.2 Å². The van der Waals surface area contributed by atoms with E-state index in [-0.39, 0.29) is 0 Å². The van der Waals surface area contributed by atoms with Crippen molar-refractivity contribution in [1.82, 2.24) is 0 Å². The molecular formula is C13H17BrO. The molecule has 0 bridgehead atoms. The Morgan fingerprint density at radius 1 is 1.20 bits per heavy atom. The van der Waals surface area contributed by atoms with Crippen molar-refractivity contribution >= 4 is 15.9 Å². The first-order valence-electron chi connectivity index (χ1n) is 5.61. The maximum absolute atomic E-state index is 10.6. The Labute approximate surface area is 99.6 Å². The van der Waals surface area contributed by atoms with Crippen molar-refractivity contribution in [2.75, 3.05) is 0 Å². The lowest BCUT2D eigenvalue weighted by molar-refractivity contribution is -0.00118. The van der Waals surface area contributed by atoms with Crippen molar-refractivity contribution in [3.05, 3.63) is 33.8 Å². The topological polar surface area (TPSA) is 20.2 Å². The molecule has 0 saturated heterocycles. The Morgan fingerprint density at radius 2 is 1.87 bits per heavy atom. The first-order valence-corrected chi connectivity index (χ1v) is 6.40. The van der Waals surface area contributed by atoms with Crippen molar-refractivity contribution in [3.8, 4) is 0 Å². The van der Waals surface area contributed by atoms with Gasteiger partial charge in [-0.3, -0.25) is 0 Å². The minimum absolute atomic E-state index is 0.566. The summed E-state index contributed by atoms with van der Waals surface area (Å²) >= 11 is 3.46. The molecule has 1 N–H and O–H groups in total. The first-order chi connectivity index (χ1) is 7.12. The van der Waals surface area contributed by atoms with Crippen molar-refractivity contribution in [2.24, 2.45) is 0 Å². The Bertz CT molecular complexity index is 354. The average Bonchev–Trinajstić information content (AvgIpc) is 2.18. The molecule has 1 aliphatic carbocycles. The molecule has 0 aliphatic heterocycles. The van der Waals surface area contributed by atoms with Crippen molar-refractivity contribution in [3.63, 3.8) is 0 Å². The molecule has 0 radical (unpaired) electrons. The monoisotopic (exact) mass is 268 g/mol. The molecular weight excluding hydrogens is 252 g/mol. The van der Waals surface area contributed by atoms with Crippen LogP contribution in [0.4, 0.5) is 0 Å². The number of aliphatic hydroxyl groups is 1. The zero-order valence-corrected chi connectivity index (χ0v) is 10.7. The summed E-state index contributed by atoms with van der Waals surface area (Å²) in [5.74, 6) is 0. The number of benzene rings is 1. The van der Waals surface area contributed by atoms with E-state index in [4.69, 9.17) is 0 Å². The van der Waals surface area contributed by atoms with E-state index >= 15 is 0 Å². The van der Waals surface area contributed by atoms with Gasteiger partial charge in [-0.25, -0.2) is 0 Å². The molecule has 0 aromatic heterocycles. The Balaban J connectivity index is 2.35. The maximum Gasteiger partial charge on any atom is 0.0899 e. The molecule has 1 aromatic carbocycles. The fourth-order valence-corrected chi connectivity index (χ4v) is 3.03. The van der Waals surface area contributed by atoms with E-state index in [2.05, 4.69) is 35.0 Å². The average molecular weight is 269 g/mol. The summed E-state index contributed by atoms with van der Waals surface area (Å²) in [6.07, 6.45) is 5.38. The molecule has 0 amide bonds. The fourth-order valence-electron chi connectivity index (χ4n) is 2.56. The Morgan fingerprint density at radius 3 is 2.47 bits per heavy atom. The molecule has 1 saturated carbocycles. The molecule has 2 rings (SSSR count). The van der Waals surface area contributed by atoms with Crippen LogP contribution >= 0.6 is 15.9 Å². The number of hydrogen-bond acceptors (Lipinski definition) is 1. The van der Waals surface area contributed by atoms with Gasteiger partial charge in [0, 0.05) is 4.47 Å². The van der Waals surface area contributed by atoms with Crippen LogP contribution < -0.4 is 0 Å². The highest BCUT2D eigenvalue weighted by molar-refractivity contribution is 9.10. The highest BCUT2D eigenvalue weighted by atomic mass is 79.9. The minimum Gasteiger partial charge on any atom is -0.385 e. The van der Waals surface area contributed by atoms with Gasteiger partial charge >= 0.3 is 0 Å². The summed E-state index contributed by atoms with van der Waals surface area (Å²) in [5.41, 5.74) is 1.74. The smallest absolute Gasteiger partial charge is 0.0899 e. The predicted octanol–water partition coefficient (Wildman–Crippen LogP) is 3.91. The quantitative estimate of drug-likeness (QED) is 0.819. The number of aryl methyl sites for hydroxylation is 1. The van der Waals surface area contributed by atoms with E-state index < -0.39 is 5.60 Å². The van der Waals surface area contributed by atoms with Gasteiger partial charge in [0.2, 0.25) is 0 Å². The van der Waals surface area contributed by atoms with Crippen LogP contribution in [-0.2, 0) is 5.60 Å². The molecule has 1 fully saturated rings. The molecule has 0 atom stereocenters. The van der Waals surface area contributed by atoms with Gasteiger partial charge in [-0.15, -0.1) is 0 Å². The molecule has 15 heavy (non-hydrogen) atoms. The molecule has 2 heteroatoms. The van der Waals surface area contributed by atoms with Gasteiger partial charge in [-0.2, -0.15) is 0 Å². The van der Waals surface area contributed by atoms with Crippen LogP contribution in [0.3, 0.4) is 0 Å². The van der Waals surface area contributed by atoms with Gasteiger partial charge in [-0.05, 0) is 43.0 Å². The summed E-state index contributed by atoms with van der Waals surface area (Å²) in [4.78, 5) is 0. The molecule has 1 aromatic rings. The minimum atomic E-state index is -0.566. The lowest BCUT2D eigenvalue weighted by Gasteiger charge is -2.33. The van der Waals surface area contributed by atoms with E-state index in [1.54, 1.807) is 0 Å². The largest absolute Gasteiger partial charge is 0.385 e. The fraction of sp³-hybridized carbons (Fsp3) is 0.538. The first kappa shape index (κ1) is 11.2. The van der Waals surface area contributed by atoms with Gasteiger partial charge in [0.05, 0.1) is 5.60 Å². The van der Waals surface area contributed by atoms with E-state index in [1.807, 2.05) is 6.07 Å². The van der Waals surface area contributed by atoms with Crippen molar-refractivity contribution in [1.29, 1.82) is 0 Å². The zero-order chi connectivity index (χ0) is 10.9. The second kappa shape index (κ2) is 4.26. The second-order valence-electron chi connectivity index (χ2n) is 4.55. The van der Waals surface area contributed by atoms with Crippen molar-refractivity contribution in [2.45, 2.75) is 44.6 Å². The van der Waals surface area contributed by atoms with E-state index in [9.17, 15) is 5.11 Å². The molecule has 0 unspecified atom stereocenters. The van der Waals surface area contributed by atoms with Gasteiger partial charge in [0.15, 0.2) is 0 Å². The maximum atomic E-state index is 10.6. The Hall–Kier alpha value is -0.340. The van der Waals surface area contributed by atoms with Crippen LogP contribution in [0.2, 0.25) is 0 Å². The summed E-state index contributed by atoms with van der Waals surface area (Å²) in [7, 11) is 0. The summed E-state index contributed by atoms with van der Waals surface area (Å²) < 4.78 is 1.09. The predicted molar refractivity (Wildman–Crippen MR) is 65.9 cm³/mol. The Kier molecular flexibility index (Phi) is 3.17. The number of hydrogen-bond donors (Lipinski definition) is 1. The third-order valence-corrected chi connectivity index (χ3v) is 3.86. The van der Waals surface area contributed by atoms with E-state index in [0.717, 1.165) is 35.7 Å². The van der Waals surface area contributed by atoms with Gasteiger partial charge < -0.3 is 5.11 Å². The molecule has 0 heterocycles. The van der Waals surface area contributed by atoms with Crippen LogP contribution in [0.25, 0.3) is 0 Å². The molecule has 82 valence electrons. The zero-order valence-electron chi connectivity index (χ0n) is 9.09. The SMILES string of the molecule is Cc1cc(Br)ccc1C1(O)CCCCC1. The van der Waals surface area contributed by atoms with Gasteiger partial charge in [0.25, 0.3) is 0 Å². The van der Waals surface area contributed by atoms with E-state index in [1.165, 1.54) is 12.0 Å². The van der Waals surface area contributed by atoms with Crippen LogP contribution in [0, 0.1) is 6.92 Å². The van der Waals surface area contributed by atoms with Crippen molar-refractivity contribution < 1.29 is 5.11 Å². The van der Waals surface area contributed by atoms with Crippen LogP contribution in [0.5, 0.6) is 0 Å². The number of rotatable bonds is 1. The normalized spacial score (nSPS) is 20.2. The molecule has 1 aliphatic rings. The third-order valence-electron chi connectivity index (χ3n) is 3.37. The summed E-state index contributed by atoms with van der Waals surface area (Å²) in [5, 5.41) is 10.6. The molecule has 0 spiro atoms.